The van der Waals surface area contributed by atoms with E-state index >= 15 is 0 Å². The molecule has 116 valence electrons. The smallest absolute Gasteiger partial charge is 0.257 e. The highest BCUT2D eigenvalue weighted by atomic mass is 16.5. The minimum absolute atomic E-state index is 0.00323. The van der Waals surface area contributed by atoms with Crippen LogP contribution in [0.4, 0.5) is 5.82 Å². The van der Waals surface area contributed by atoms with Gasteiger partial charge in [0.05, 0.1) is 6.54 Å². The number of rotatable bonds is 5. The van der Waals surface area contributed by atoms with Gasteiger partial charge in [-0.05, 0) is 5.92 Å². The summed E-state index contributed by atoms with van der Waals surface area (Å²) in [7, 11) is 3.81. The van der Waals surface area contributed by atoms with Gasteiger partial charge in [0, 0.05) is 45.9 Å². The Kier molecular flexibility index (Phi) is 4.98. The van der Waals surface area contributed by atoms with Crippen LogP contribution in [0.15, 0.2) is 12.4 Å². The summed E-state index contributed by atoms with van der Waals surface area (Å²) in [5, 5.41) is 0. The van der Waals surface area contributed by atoms with Gasteiger partial charge in [-0.1, -0.05) is 13.8 Å². The van der Waals surface area contributed by atoms with Gasteiger partial charge in [-0.2, -0.15) is 0 Å². The van der Waals surface area contributed by atoms with E-state index in [1.54, 1.807) is 12.4 Å². The Bertz CT molecular complexity index is 490. The van der Waals surface area contributed by atoms with Gasteiger partial charge in [-0.15, -0.1) is 0 Å². The van der Waals surface area contributed by atoms with Gasteiger partial charge in [-0.3, -0.25) is 4.79 Å². The van der Waals surface area contributed by atoms with E-state index < -0.39 is 0 Å². The normalized spacial score (nSPS) is 18.1. The lowest BCUT2D eigenvalue weighted by molar-refractivity contribution is -0.131. The molecule has 0 saturated carbocycles. The zero-order chi connectivity index (χ0) is 15.4. The lowest BCUT2D eigenvalue weighted by atomic mass is 10.1. The molecule has 0 bridgehead atoms. The fourth-order valence-corrected chi connectivity index (χ4v) is 2.39. The first kappa shape index (κ1) is 15.5. The highest BCUT2D eigenvalue weighted by molar-refractivity contribution is 5.76. The van der Waals surface area contributed by atoms with Crippen molar-refractivity contribution < 1.29 is 9.53 Å². The van der Waals surface area contributed by atoms with Crippen LogP contribution >= 0.6 is 0 Å². The van der Waals surface area contributed by atoms with E-state index in [0.717, 1.165) is 13.0 Å². The molecule has 0 aromatic carbocycles. The number of hydrogen-bond donors (Lipinski definition) is 0. The Morgan fingerprint density at radius 2 is 2.14 bits per heavy atom. The van der Waals surface area contributed by atoms with Crippen molar-refractivity contribution >= 4 is 11.7 Å². The zero-order valence-electron chi connectivity index (χ0n) is 13.2. The molecule has 0 aliphatic carbocycles. The van der Waals surface area contributed by atoms with Gasteiger partial charge >= 0.3 is 0 Å². The Labute approximate surface area is 126 Å². The fraction of sp³-hybridized carbons (Fsp3) is 0.667. The van der Waals surface area contributed by atoms with Crippen LogP contribution in [0, 0.1) is 5.92 Å². The summed E-state index contributed by atoms with van der Waals surface area (Å²) in [5.41, 5.74) is 0. The molecule has 2 rings (SSSR count). The standard InChI is InChI=1S/C15H24N4O2/c1-11(2)9-13(20)19-8-5-12(10-19)21-15-14(18(3)4)16-6-7-17-15/h6-7,11-12H,5,8-10H2,1-4H3. The third-order valence-electron chi connectivity index (χ3n) is 3.43. The van der Waals surface area contributed by atoms with Gasteiger partial charge < -0.3 is 14.5 Å². The van der Waals surface area contributed by atoms with Crippen molar-refractivity contribution in [2.24, 2.45) is 5.92 Å². The van der Waals surface area contributed by atoms with Crippen molar-refractivity contribution in [2.75, 3.05) is 32.1 Å². The third kappa shape index (κ3) is 4.06. The van der Waals surface area contributed by atoms with Crippen LogP contribution in [0.2, 0.25) is 0 Å². The molecular weight excluding hydrogens is 268 g/mol. The molecule has 6 heteroatoms. The molecule has 2 heterocycles. The molecule has 1 aliphatic rings. The van der Waals surface area contributed by atoms with Crippen molar-refractivity contribution in [2.45, 2.75) is 32.8 Å². The van der Waals surface area contributed by atoms with Gasteiger partial charge in [0.2, 0.25) is 5.91 Å². The molecule has 1 aromatic heterocycles. The van der Waals surface area contributed by atoms with Crippen molar-refractivity contribution in [3.8, 4) is 5.88 Å². The van der Waals surface area contributed by atoms with Gasteiger partial charge in [-0.25, -0.2) is 9.97 Å². The largest absolute Gasteiger partial charge is 0.470 e. The summed E-state index contributed by atoms with van der Waals surface area (Å²) in [5.74, 6) is 1.84. The second-order valence-corrected chi connectivity index (χ2v) is 6.05. The maximum absolute atomic E-state index is 12.1. The first-order valence-corrected chi connectivity index (χ1v) is 7.40. The molecule has 1 unspecified atom stereocenters. The molecule has 6 nitrogen and oxygen atoms in total. The van der Waals surface area contributed by atoms with E-state index in [2.05, 4.69) is 23.8 Å². The number of anilines is 1. The maximum atomic E-state index is 12.1. The minimum atomic E-state index is -0.00323. The molecule has 1 aliphatic heterocycles. The highest BCUT2D eigenvalue weighted by Crippen LogP contribution is 2.24. The molecule has 0 spiro atoms. The molecule has 1 fully saturated rings. The molecular formula is C15H24N4O2. The number of aromatic nitrogens is 2. The van der Waals surface area contributed by atoms with Gasteiger partial charge in [0.25, 0.3) is 5.88 Å². The number of carbonyl (C=O) groups is 1. The van der Waals surface area contributed by atoms with E-state index in [1.165, 1.54) is 0 Å². The number of hydrogen-bond acceptors (Lipinski definition) is 5. The topological polar surface area (TPSA) is 58.6 Å². The first-order valence-electron chi connectivity index (χ1n) is 7.40. The van der Waals surface area contributed by atoms with E-state index in [1.807, 2.05) is 23.9 Å². The number of nitrogens with zero attached hydrogens (tertiary/aromatic N) is 4. The molecule has 1 saturated heterocycles. The summed E-state index contributed by atoms with van der Waals surface area (Å²) in [4.78, 5) is 24.3. The van der Waals surface area contributed by atoms with Gasteiger partial charge in [0.1, 0.15) is 6.10 Å². The fourth-order valence-electron chi connectivity index (χ4n) is 2.39. The van der Waals surface area contributed by atoms with Crippen LogP contribution in [0.5, 0.6) is 5.88 Å². The molecule has 1 atom stereocenters. The van der Waals surface area contributed by atoms with Crippen molar-refractivity contribution in [1.82, 2.24) is 14.9 Å². The third-order valence-corrected chi connectivity index (χ3v) is 3.43. The van der Waals surface area contributed by atoms with E-state index in [0.29, 0.717) is 30.6 Å². The summed E-state index contributed by atoms with van der Waals surface area (Å²) >= 11 is 0. The van der Waals surface area contributed by atoms with E-state index in [-0.39, 0.29) is 12.0 Å². The summed E-state index contributed by atoms with van der Waals surface area (Å²) in [6, 6.07) is 0. The Morgan fingerprint density at radius 3 is 2.81 bits per heavy atom. The number of amides is 1. The maximum Gasteiger partial charge on any atom is 0.257 e. The minimum Gasteiger partial charge on any atom is -0.470 e. The van der Waals surface area contributed by atoms with Gasteiger partial charge in [0.15, 0.2) is 5.82 Å². The SMILES string of the molecule is CC(C)CC(=O)N1CCC(Oc2nccnc2N(C)C)C1. The van der Waals surface area contributed by atoms with Crippen LogP contribution < -0.4 is 9.64 Å². The number of carbonyl (C=O) groups excluding carboxylic acids is 1. The van der Waals surface area contributed by atoms with E-state index in [4.69, 9.17) is 4.74 Å². The Hall–Kier alpha value is -1.85. The van der Waals surface area contributed by atoms with Crippen molar-refractivity contribution in [1.29, 1.82) is 0 Å². The quantitative estimate of drug-likeness (QED) is 0.824. The van der Waals surface area contributed by atoms with Crippen molar-refractivity contribution in [3.63, 3.8) is 0 Å². The summed E-state index contributed by atoms with van der Waals surface area (Å²) < 4.78 is 5.94. The predicted molar refractivity (Wildman–Crippen MR) is 81.4 cm³/mol. The lowest BCUT2D eigenvalue weighted by Gasteiger charge is -2.20. The van der Waals surface area contributed by atoms with Crippen molar-refractivity contribution in [3.05, 3.63) is 12.4 Å². The first-order chi connectivity index (χ1) is 9.97. The molecule has 0 N–H and O–H groups in total. The summed E-state index contributed by atoms with van der Waals surface area (Å²) in [6.45, 7) is 5.51. The van der Waals surface area contributed by atoms with Crippen LogP contribution in [0.25, 0.3) is 0 Å². The predicted octanol–water partition coefficient (Wildman–Crippen LogP) is 1.57. The molecule has 1 aromatic rings. The average Bonchev–Trinajstić information content (AvgIpc) is 2.87. The molecule has 21 heavy (non-hydrogen) atoms. The Morgan fingerprint density at radius 1 is 1.43 bits per heavy atom. The average molecular weight is 292 g/mol. The second kappa shape index (κ2) is 6.74. The van der Waals surface area contributed by atoms with Crippen LogP contribution in [-0.2, 0) is 4.79 Å². The second-order valence-electron chi connectivity index (χ2n) is 6.05. The number of likely N-dealkylation sites (tertiary alicyclic amines) is 1. The van der Waals surface area contributed by atoms with Crippen LogP contribution in [-0.4, -0.2) is 54.1 Å². The molecule has 1 amide bonds. The molecule has 0 radical (unpaired) electrons. The lowest BCUT2D eigenvalue weighted by Crippen LogP contribution is -2.31. The van der Waals surface area contributed by atoms with Crippen LogP contribution in [0.3, 0.4) is 0 Å². The van der Waals surface area contributed by atoms with Crippen LogP contribution in [0.1, 0.15) is 26.7 Å². The Balaban J connectivity index is 1.95. The zero-order valence-corrected chi connectivity index (χ0v) is 13.2. The summed E-state index contributed by atoms with van der Waals surface area (Å²) in [6.07, 6.45) is 4.71. The highest BCUT2D eigenvalue weighted by Gasteiger charge is 2.28. The monoisotopic (exact) mass is 292 g/mol. The number of ether oxygens (including phenoxy) is 1. The van der Waals surface area contributed by atoms with E-state index in [9.17, 15) is 4.79 Å².